The van der Waals surface area contributed by atoms with E-state index < -0.39 is 7.12 Å². The van der Waals surface area contributed by atoms with Crippen molar-refractivity contribution in [2.75, 3.05) is 26.2 Å². The summed E-state index contributed by atoms with van der Waals surface area (Å²) in [6, 6.07) is 7.75. The first-order chi connectivity index (χ1) is 12.7. The van der Waals surface area contributed by atoms with Gasteiger partial charge in [0.1, 0.15) is 5.75 Å². The maximum Gasteiger partial charge on any atom is 0.494 e. The van der Waals surface area contributed by atoms with Gasteiger partial charge in [0.05, 0.1) is 11.2 Å². The van der Waals surface area contributed by atoms with Crippen LogP contribution in [0, 0.1) is 0 Å². The van der Waals surface area contributed by atoms with Crippen LogP contribution < -0.4 is 10.2 Å². The second-order valence-corrected chi connectivity index (χ2v) is 8.79. The molecular formula is C20H29BN2O4. The summed E-state index contributed by atoms with van der Waals surface area (Å²) >= 11 is 0. The normalized spacial score (nSPS) is 28.9. The van der Waals surface area contributed by atoms with Crippen molar-refractivity contribution in [1.29, 1.82) is 0 Å². The second kappa shape index (κ2) is 6.80. The number of fused-ring (bicyclic) bond motifs is 4. The first-order valence-corrected chi connectivity index (χ1v) is 9.92. The van der Waals surface area contributed by atoms with E-state index in [4.69, 9.17) is 14.0 Å². The fraction of sp³-hybridized carbons (Fsp3) is 0.650. The van der Waals surface area contributed by atoms with Gasteiger partial charge in [0.2, 0.25) is 0 Å². The van der Waals surface area contributed by atoms with Crippen molar-refractivity contribution in [2.45, 2.75) is 57.8 Å². The first-order valence-electron chi connectivity index (χ1n) is 9.92. The maximum absolute atomic E-state index is 12.7. The number of ether oxygens (including phenoxy) is 1. The number of benzene rings is 1. The zero-order valence-electron chi connectivity index (χ0n) is 16.7. The van der Waals surface area contributed by atoms with Crippen LogP contribution in [0.3, 0.4) is 0 Å². The van der Waals surface area contributed by atoms with Crippen molar-refractivity contribution in [3.63, 3.8) is 0 Å². The molecule has 0 N–H and O–H groups in total. The molecule has 4 heterocycles. The summed E-state index contributed by atoms with van der Waals surface area (Å²) < 4.78 is 17.8. The Kier molecular flexibility index (Phi) is 4.73. The molecular weight excluding hydrogens is 343 g/mol. The molecule has 1 aromatic carbocycles. The average molecular weight is 372 g/mol. The Bertz CT molecular complexity index is 682. The number of rotatable bonds is 2. The number of amides is 1. The Labute approximate surface area is 161 Å². The van der Waals surface area contributed by atoms with Crippen molar-refractivity contribution in [3.8, 4) is 5.75 Å². The minimum absolute atomic E-state index is 0.243. The standard InChI is InChI=1S/C20H29BN2O4/c1-19(2)20(3,4)27-21(26-19)15-5-7-17(8-6-15)25-18(24)23-14-13-22-11-9-16(23)10-12-22/h5-8,16H,9-14H2,1-4H3. The van der Waals surface area contributed by atoms with Gasteiger partial charge in [-0.25, -0.2) is 4.79 Å². The number of hydrogen-bond donors (Lipinski definition) is 0. The molecule has 27 heavy (non-hydrogen) atoms. The van der Waals surface area contributed by atoms with E-state index in [1.54, 1.807) is 0 Å². The highest BCUT2D eigenvalue weighted by atomic mass is 16.7. The van der Waals surface area contributed by atoms with E-state index in [0.717, 1.165) is 44.5 Å². The molecule has 0 aliphatic carbocycles. The van der Waals surface area contributed by atoms with Gasteiger partial charge in [-0.2, -0.15) is 0 Å². The summed E-state index contributed by atoms with van der Waals surface area (Å²) in [5.41, 5.74) is 0.185. The third kappa shape index (κ3) is 3.60. The van der Waals surface area contributed by atoms with Gasteiger partial charge in [-0.1, -0.05) is 12.1 Å². The molecule has 0 spiro atoms. The molecule has 2 bridgehead atoms. The molecule has 0 saturated carbocycles. The molecule has 4 saturated heterocycles. The van der Waals surface area contributed by atoms with Crippen LogP contribution in [0.25, 0.3) is 0 Å². The fourth-order valence-electron chi connectivity index (χ4n) is 3.96. The van der Waals surface area contributed by atoms with Crippen molar-refractivity contribution < 1.29 is 18.8 Å². The number of hydrogen-bond acceptors (Lipinski definition) is 5. The van der Waals surface area contributed by atoms with Crippen LogP contribution in [0.1, 0.15) is 40.5 Å². The second-order valence-electron chi connectivity index (χ2n) is 8.79. The van der Waals surface area contributed by atoms with Crippen molar-refractivity contribution >= 4 is 18.7 Å². The smallest absolute Gasteiger partial charge is 0.410 e. The summed E-state index contributed by atoms with van der Waals surface area (Å²) in [5, 5.41) is 0. The Morgan fingerprint density at radius 3 is 2.19 bits per heavy atom. The third-order valence-electron chi connectivity index (χ3n) is 6.50. The predicted molar refractivity (Wildman–Crippen MR) is 104 cm³/mol. The summed E-state index contributed by atoms with van der Waals surface area (Å²) in [4.78, 5) is 17.0. The van der Waals surface area contributed by atoms with Gasteiger partial charge in [0.25, 0.3) is 0 Å². The van der Waals surface area contributed by atoms with E-state index >= 15 is 0 Å². The Balaban J connectivity index is 1.40. The van der Waals surface area contributed by atoms with Gasteiger partial charge >= 0.3 is 13.2 Å². The molecule has 7 heteroatoms. The molecule has 0 unspecified atom stereocenters. The van der Waals surface area contributed by atoms with Gasteiger partial charge in [-0.3, -0.25) is 0 Å². The van der Waals surface area contributed by atoms with Crippen LogP contribution in [0.4, 0.5) is 4.79 Å². The van der Waals surface area contributed by atoms with E-state index in [1.807, 2.05) is 56.9 Å². The molecule has 4 fully saturated rings. The lowest BCUT2D eigenvalue weighted by Crippen LogP contribution is -2.43. The van der Waals surface area contributed by atoms with Crippen LogP contribution >= 0.6 is 0 Å². The van der Waals surface area contributed by atoms with Crippen molar-refractivity contribution in [2.24, 2.45) is 0 Å². The summed E-state index contributed by atoms with van der Waals surface area (Å²) in [6.45, 7) is 12.0. The zero-order chi connectivity index (χ0) is 19.2. The molecule has 5 rings (SSSR count). The van der Waals surface area contributed by atoms with Gasteiger partial charge in [-0.05, 0) is 58.1 Å². The minimum atomic E-state index is -0.408. The average Bonchev–Trinajstić information content (AvgIpc) is 2.83. The van der Waals surface area contributed by atoms with E-state index in [2.05, 4.69) is 4.90 Å². The Morgan fingerprint density at radius 1 is 1.00 bits per heavy atom. The first kappa shape index (κ1) is 18.8. The van der Waals surface area contributed by atoms with Gasteiger partial charge in [0.15, 0.2) is 0 Å². The lowest BCUT2D eigenvalue weighted by Gasteiger charge is -2.32. The molecule has 146 valence electrons. The molecule has 6 nitrogen and oxygen atoms in total. The molecule has 4 aliphatic rings. The number of carbonyl (C=O) groups is 1. The fourth-order valence-corrected chi connectivity index (χ4v) is 3.96. The summed E-state index contributed by atoms with van der Waals surface area (Å²) in [7, 11) is -0.408. The molecule has 0 radical (unpaired) electrons. The van der Waals surface area contributed by atoms with Crippen LogP contribution in [0.5, 0.6) is 5.75 Å². The van der Waals surface area contributed by atoms with E-state index in [0.29, 0.717) is 11.8 Å². The highest BCUT2D eigenvalue weighted by Gasteiger charge is 2.51. The van der Waals surface area contributed by atoms with Crippen LogP contribution in [0.15, 0.2) is 24.3 Å². The van der Waals surface area contributed by atoms with Gasteiger partial charge in [-0.15, -0.1) is 0 Å². The molecule has 0 atom stereocenters. The number of carbonyl (C=O) groups excluding carboxylic acids is 1. The topological polar surface area (TPSA) is 51.2 Å². The number of piperidine rings is 1. The maximum atomic E-state index is 12.7. The quantitative estimate of drug-likeness (QED) is 0.746. The Hall–Kier alpha value is -1.57. The highest BCUT2D eigenvalue weighted by Crippen LogP contribution is 2.36. The SMILES string of the molecule is CC1(C)OB(c2ccc(OC(=O)N3CCN4CCC3CC4)cc2)OC1(C)C. The molecule has 1 amide bonds. The Morgan fingerprint density at radius 2 is 1.59 bits per heavy atom. The monoisotopic (exact) mass is 372 g/mol. The lowest BCUT2D eigenvalue weighted by atomic mass is 9.79. The van der Waals surface area contributed by atoms with Crippen molar-refractivity contribution in [1.82, 2.24) is 9.80 Å². The zero-order valence-corrected chi connectivity index (χ0v) is 16.7. The summed E-state index contributed by atoms with van der Waals surface area (Å²) in [6.07, 6.45) is 1.83. The van der Waals surface area contributed by atoms with E-state index in [1.165, 1.54) is 0 Å². The number of nitrogens with zero attached hydrogens (tertiary/aromatic N) is 2. The summed E-state index contributed by atoms with van der Waals surface area (Å²) in [5.74, 6) is 0.555. The molecule has 4 aliphatic heterocycles. The highest BCUT2D eigenvalue weighted by molar-refractivity contribution is 6.62. The van der Waals surface area contributed by atoms with Gasteiger partial charge < -0.3 is 23.8 Å². The minimum Gasteiger partial charge on any atom is -0.410 e. The largest absolute Gasteiger partial charge is 0.494 e. The molecule has 1 aromatic rings. The van der Waals surface area contributed by atoms with Gasteiger partial charge in [0, 0.05) is 32.2 Å². The van der Waals surface area contributed by atoms with E-state index in [-0.39, 0.29) is 17.3 Å². The van der Waals surface area contributed by atoms with Crippen LogP contribution in [-0.4, -0.2) is 66.4 Å². The van der Waals surface area contributed by atoms with Crippen molar-refractivity contribution in [3.05, 3.63) is 24.3 Å². The van der Waals surface area contributed by atoms with Crippen LogP contribution in [0.2, 0.25) is 0 Å². The third-order valence-corrected chi connectivity index (χ3v) is 6.50. The predicted octanol–water partition coefficient (Wildman–Crippen LogP) is 2.26. The lowest BCUT2D eigenvalue weighted by molar-refractivity contribution is 0.00578. The van der Waals surface area contributed by atoms with Crippen LogP contribution in [-0.2, 0) is 9.31 Å². The van der Waals surface area contributed by atoms with E-state index in [9.17, 15) is 4.79 Å². The molecule has 0 aromatic heterocycles.